The maximum absolute atomic E-state index is 12.7. The summed E-state index contributed by atoms with van der Waals surface area (Å²) in [5, 5.41) is 0. The lowest BCUT2D eigenvalue weighted by molar-refractivity contribution is -0.123. The fraction of sp³-hybridized carbons (Fsp3) is 0.400. The number of hydrogen-bond donors (Lipinski definition) is 3. The minimum Gasteiger partial charge on any atom is -0.466 e. The lowest BCUT2D eigenvalue weighted by Crippen LogP contribution is -2.52. The number of nitrogens with one attached hydrogen (secondary N) is 3. The zero-order chi connectivity index (χ0) is 21.8. The summed E-state index contributed by atoms with van der Waals surface area (Å²) in [5.74, 6) is -0.158. The van der Waals surface area contributed by atoms with E-state index in [2.05, 4.69) is 15.6 Å². The van der Waals surface area contributed by atoms with Crippen molar-refractivity contribution in [2.24, 2.45) is 5.92 Å². The molecule has 8 nitrogen and oxygen atoms in total. The Morgan fingerprint density at radius 3 is 2.17 bits per heavy atom. The van der Waals surface area contributed by atoms with Crippen molar-refractivity contribution in [1.82, 2.24) is 15.6 Å². The maximum Gasteiger partial charge on any atom is 0.273 e. The average Bonchev–Trinajstić information content (AvgIpc) is 2.97. The molecule has 1 atom stereocenters. The van der Waals surface area contributed by atoms with E-state index < -0.39 is 27.9 Å². The molecule has 0 saturated carbocycles. The minimum atomic E-state index is -3.90. The summed E-state index contributed by atoms with van der Waals surface area (Å²) in [4.78, 5) is 24.9. The van der Waals surface area contributed by atoms with Crippen molar-refractivity contribution >= 4 is 21.8 Å². The normalized spacial score (nSPS) is 12.6. The van der Waals surface area contributed by atoms with Gasteiger partial charge < -0.3 is 4.42 Å². The first-order chi connectivity index (χ1) is 13.5. The molecule has 1 aromatic heterocycles. The average molecular weight is 422 g/mol. The predicted molar refractivity (Wildman–Crippen MR) is 109 cm³/mol. The van der Waals surface area contributed by atoms with Crippen LogP contribution in [0.25, 0.3) is 0 Å². The highest BCUT2D eigenvalue weighted by molar-refractivity contribution is 7.89. The molecule has 1 heterocycles. The molecule has 2 aromatic rings. The number of amides is 2. The Hall–Kier alpha value is -2.65. The van der Waals surface area contributed by atoms with Crippen LogP contribution in [0.3, 0.4) is 0 Å². The number of benzene rings is 1. The summed E-state index contributed by atoms with van der Waals surface area (Å²) < 4.78 is 33.0. The molecule has 29 heavy (non-hydrogen) atoms. The second-order valence-electron chi connectivity index (χ2n) is 7.39. The van der Waals surface area contributed by atoms with Gasteiger partial charge in [0.15, 0.2) is 0 Å². The molecule has 0 fully saturated rings. The monoisotopic (exact) mass is 421 g/mol. The largest absolute Gasteiger partial charge is 0.466 e. The molecule has 0 spiro atoms. The zero-order valence-electron chi connectivity index (χ0n) is 17.2. The van der Waals surface area contributed by atoms with Gasteiger partial charge in [0, 0.05) is 0 Å². The van der Waals surface area contributed by atoms with Crippen LogP contribution in [0.2, 0.25) is 0 Å². The molecule has 1 aromatic carbocycles. The van der Waals surface area contributed by atoms with Gasteiger partial charge in [-0.2, -0.15) is 4.72 Å². The number of hydrogen-bond acceptors (Lipinski definition) is 5. The zero-order valence-corrected chi connectivity index (χ0v) is 18.0. The number of hydrazine groups is 1. The third-order valence-corrected chi connectivity index (χ3v) is 5.72. The first kappa shape index (κ1) is 22.6. The number of rotatable bonds is 7. The molecule has 0 bridgehead atoms. The van der Waals surface area contributed by atoms with Crippen LogP contribution in [0.15, 0.2) is 39.6 Å². The predicted octanol–water partition coefficient (Wildman–Crippen LogP) is 2.36. The molecule has 158 valence electrons. The number of sulfonamides is 1. The highest BCUT2D eigenvalue weighted by Gasteiger charge is 2.27. The van der Waals surface area contributed by atoms with E-state index in [1.165, 1.54) is 12.1 Å². The number of aryl methyl sites for hydroxylation is 3. The molecule has 0 saturated heterocycles. The maximum atomic E-state index is 12.7. The molecule has 0 aliphatic carbocycles. The van der Waals surface area contributed by atoms with Crippen molar-refractivity contribution in [3.63, 3.8) is 0 Å². The van der Waals surface area contributed by atoms with Crippen molar-refractivity contribution in [3.05, 3.63) is 53.0 Å². The van der Waals surface area contributed by atoms with Gasteiger partial charge in [-0.3, -0.25) is 20.4 Å². The quantitative estimate of drug-likeness (QED) is 0.593. The van der Waals surface area contributed by atoms with E-state index in [-0.39, 0.29) is 17.2 Å². The molecule has 2 rings (SSSR count). The Labute approximate surface area is 171 Å². The lowest BCUT2D eigenvalue weighted by atomic mass is 10.0. The molecule has 0 radical (unpaired) electrons. The van der Waals surface area contributed by atoms with Crippen LogP contribution in [0, 0.1) is 26.7 Å². The highest BCUT2D eigenvalue weighted by Crippen LogP contribution is 2.14. The van der Waals surface area contributed by atoms with Gasteiger partial charge in [-0.05, 0) is 51.3 Å². The molecule has 0 unspecified atom stereocenters. The molecule has 9 heteroatoms. The van der Waals surface area contributed by atoms with Gasteiger partial charge in [0.25, 0.3) is 11.8 Å². The van der Waals surface area contributed by atoms with Crippen molar-refractivity contribution < 1.29 is 22.4 Å². The third kappa shape index (κ3) is 6.16. The van der Waals surface area contributed by atoms with E-state index in [4.69, 9.17) is 4.42 Å². The summed E-state index contributed by atoms with van der Waals surface area (Å²) in [5.41, 5.74) is 5.82. The number of carbonyl (C=O) groups is 2. The van der Waals surface area contributed by atoms with E-state index in [1.807, 2.05) is 20.8 Å². The van der Waals surface area contributed by atoms with Gasteiger partial charge in [0.05, 0.1) is 10.5 Å². The molecule has 0 aliphatic heterocycles. The highest BCUT2D eigenvalue weighted by atomic mass is 32.2. The van der Waals surface area contributed by atoms with Gasteiger partial charge in [-0.15, -0.1) is 0 Å². The van der Waals surface area contributed by atoms with Crippen LogP contribution in [0.5, 0.6) is 0 Å². The van der Waals surface area contributed by atoms with E-state index in [0.29, 0.717) is 17.1 Å². The van der Waals surface area contributed by atoms with Gasteiger partial charge in [-0.25, -0.2) is 8.42 Å². The fourth-order valence-electron chi connectivity index (χ4n) is 2.78. The van der Waals surface area contributed by atoms with E-state index in [0.717, 1.165) is 5.56 Å². The van der Waals surface area contributed by atoms with Crippen LogP contribution in [0.1, 0.15) is 47.7 Å². The lowest BCUT2D eigenvalue weighted by Gasteiger charge is -2.20. The topological polar surface area (TPSA) is 118 Å². The summed E-state index contributed by atoms with van der Waals surface area (Å²) in [6.45, 7) is 8.94. The number of furan rings is 1. The van der Waals surface area contributed by atoms with E-state index >= 15 is 0 Å². The van der Waals surface area contributed by atoms with Crippen molar-refractivity contribution in [3.8, 4) is 0 Å². The minimum absolute atomic E-state index is 0.0425. The Morgan fingerprint density at radius 2 is 1.66 bits per heavy atom. The third-order valence-electron chi connectivity index (χ3n) is 4.24. The van der Waals surface area contributed by atoms with Crippen LogP contribution in [-0.2, 0) is 14.8 Å². The van der Waals surface area contributed by atoms with E-state index in [9.17, 15) is 18.0 Å². The van der Waals surface area contributed by atoms with Gasteiger partial charge in [0.2, 0.25) is 10.0 Å². The van der Waals surface area contributed by atoms with Crippen molar-refractivity contribution in [1.29, 1.82) is 0 Å². The molecule has 3 N–H and O–H groups in total. The van der Waals surface area contributed by atoms with E-state index in [1.54, 1.807) is 32.0 Å². The van der Waals surface area contributed by atoms with Crippen molar-refractivity contribution in [2.45, 2.75) is 52.0 Å². The van der Waals surface area contributed by atoms with Crippen LogP contribution >= 0.6 is 0 Å². The second-order valence-corrected chi connectivity index (χ2v) is 9.10. The first-order valence-corrected chi connectivity index (χ1v) is 10.7. The summed E-state index contributed by atoms with van der Waals surface area (Å²) in [6, 6.07) is 6.83. The Bertz CT molecular complexity index is 978. The first-order valence-electron chi connectivity index (χ1n) is 9.26. The smallest absolute Gasteiger partial charge is 0.273 e. The molecule has 2 amide bonds. The Balaban J connectivity index is 2.10. The second kappa shape index (κ2) is 9.23. The summed E-state index contributed by atoms with van der Waals surface area (Å²) >= 11 is 0. The number of carbonyl (C=O) groups excluding carboxylic acids is 2. The molecular weight excluding hydrogens is 394 g/mol. The Kier molecular flexibility index (Phi) is 7.21. The molecular formula is C20H27N3O5S. The van der Waals surface area contributed by atoms with Crippen LogP contribution in [0.4, 0.5) is 0 Å². The van der Waals surface area contributed by atoms with Gasteiger partial charge in [0.1, 0.15) is 17.6 Å². The summed E-state index contributed by atoms with van der Waals surface area (Å²) in [7, 11) is -3.90. The van der Waals surface area contributed by atoms with Crippen LogP contribution < -0.4 is 15.6 Å². The fourth-order valence-corrected chi connectivity index (χ4v) is 3.99. The Morgan fingerprint density at radius 1 is 1.03 bits per heavy atom. The SMILES string of the molecule is Cc1ccc(S(=O)(=O)N[C@H](CC(C)C)C(=O)NNC(=O)c2cc(C)oc2C)cc1. The standard InChI is InChI=1S/C20H27N3O5S/c1-12(2)10-18(23-29(26,27)16-8-6-13(3)7-9-16)20(25)22-21-19(24)17-11-14(4)28-15(17)5/h6-9,11-12,18,23H,10H2,1-5H3,(H,21,24)(H,22,25)/t18-/m1/s1. The molecule has 0 aliphatic rings. The van der Waals surface area contributed by atoms with Gasteiger partial charge in [-0.1, -0.05) is 31.5 Å². The summed E-state index contributed by atoms with van der Waals surface area (Å²) in [6.07, 6.45) is 0.261. The van der Waals surface area contributed by atoms with Crippen molar-refractivity contribution in [2.75, 3.05) is 0 Å². The van der Waals surface area contributed by atoms with Crippen LogP contribution in [-0.4, -0.2) is 26.3 Å². The van der Waals surface area contributed by atoms with Gasteiger partial charge >= 0.3 is 0 Å².